The molecule has 2 heterocycles. The van der Waals surface area contributed by atoms with Crippen molar-refractivity contribution >= 4 is 5.91 Å². The van der Waals surface area contributed by atoms with E-state index in [1.807, 2.05) is 11.8 Å². The third kappa shape index (κ3) is 3.42. The van der Waals surface area contributed by atoms with Crippen LogP contribution in [0.2, 0.25) is 0 Å². The Balaban J connectivity index is 1.76. The van der Waals surface area contributed by atoms with Crippen LogP contribution in [-0.4, -0.2) is 61.1 Å². The number of hydrogen-bond donors (Lipinski definition) is 0. The number of piperidine rings is 1. The predicted octanol–water partition coefficient (Wildman–Crippen LogP) is 1.11. The van der Waals surface area contributed by atoms with E-state index < -0.39 is 0 Å². The molecule has 0 aromatic carbocycles. The van der Waals surface area contributed by atoms with Gasteiger partial charge in [0.25, 0.3) is 0 Å². The highest BCUT2D eigenvalue weighted by molar-refractivity contribution is 5.77. The summed E-state index contributed by atoms with van der Waals surface area (Å²) in [5, 5.41) is 0. The zero-order chi connectivity index (χ0) is 12.1. The first-order valence-corrected chi connectivity index (χ1v) is 6.91. The Bertz CT molecular complexity index is 252. The van der Waals surface area contributed by atoms with Crippen LogP contribution in [0, 0.1) is 0 Å². The van der Waals surface area contributed by atoms with Crippen molar-refractivity contribution in [2.45, 2.75) is 38.6 Å². The summed E-state index contributed by atoms with van der Waals surface area (Å²) in [5.74, 6) is 0.159. The number of nitrogens with zero attached hydrogens (tertiary/aromatic N) is 2. The van der Waals surface area contributed by atoms with Crippen molar-refractivity contribution in [2.75, 3.05) is 39.4 Å². The van der Waals surface area contributed by atoms with Crippen LogP contribution in [0.5, 0.6) is 0 Å². The van der Waals surface area contributed by atoms with Gasteiger partial charge in [-0.25, -0.2) is 0 Å². The largest absolute Gasteiger partial charge is 0.372 e. The molecule has 2 saturated heterocycles. The molecule has 4 heteroatoms. The summed E-state index contributed by atoms with van der Waals surface area (Å²) in [7, 11) is 0. The first-order chi connectivity index (χ1) is 8.31. The summed E-state index contributed by atoms with van der Waals surface area (Å²) in [4.78, 5) is 16.3. The summed E-state index contributed by atoms with van der Waals surface area (Å²) in [6.45, 7) is 7.06. The highest BCUT2D eigenvalue weighted by atomic mass is 16.5. The Morgan fingerprint density at radius 1 is 1.24 bits per heavy atom. The molecule has 0 saturated carbocycles. The molecular formula is C13H24N2O2. The highest BCUT2D eigenvalue weighted by Crippen LogP contribution is 2.20. The second-order valence-corrected chi connectivity index (χ2v) is 5.02. The molecular weight excluding hydrogens is 216 g/mol. The number of hydrogen-bond acceptors (Lipinski definition) is 3. The topological polar surface area (TPSA) is 32.8 Å². The number of carbonyl (C=O) groups excluding carboxylic acids is 1. The minimum absolute atomic E-state index is 0.159. The van der Waals surface area contributed by atoms with E-state index in [1.54, 1.807) is 0 Å². The van der Waals surface area contributed by atoms with E-state index in [9.17, 15) is 4.79 Å². The molecule has 0 N–H and O–H groups in total. The molecule has 2 aliphatic rings. The third-order valence-electron chi connectivity index (χ3n) is 3.85. The van der Waals surface area contributed by atoms with Crippen LogP contribution < -0.4 is 0 Å². The fourth-order valence-electron chi connectivity index (χ4n) is 2.83. The third-order valence-corrected chi connectivity index (χ3v) is 3.85. The Kier molecular flexibility index (Phi) is 4.80. The Morgan fingerprint density at radius 3 is 2.71 bits per heavy atom. The second-order valence-electron chi connectivity index (χ2n) is 5.02. The van der Waals surface area contributed by atoms with Crippen LogP contribution >= 0.6 is 0 Å². The van der Waals surface area contributed by atoms with E-state index in [4.69, 9.17) is 4.74 Å². The lowest BCUT2D eigenvalue weighted by atomic mass is 10.1. The van der Waals surface area contributed by atoms with Crippen molar-refractivity contribution in [3.8, 4) is 0 Å². The van der Waals surface area contributed by atoms with Gasteiger partial charge in [-0.05, 0) is 39.3 Å². The van der Waals surface area contributed by atoms with Gasteiger partial charge in [-0.1, -0.05) is 6.42 Å². The van der Waals surface area contributed by atoms with E-state index in [2.05, 4.69) is 4.90 Å². The normalized spacial score (nSPS) is 26.4. The molecule has 0 bridgehead atoms. The molecule has 0 aliphatic carbocycles. The van der Waals surface area contributed by atoms with E-state index in [-0.39, 0.29) is 12.5 Å². The summed E-state index contributed by atoms with van der Waals surface area (Å²) in [6, 6.07) is 0.598. The smallest absolute Gasteiger partial charge is 0.248 e. The lowest BCUT2D eigenvalue weighted by Crippen LogP contribution is -2.42. The zero-order valence-electron chi connectivity index (χ0n) is 10.9. The molecule has 0 aromatic heterocycles. The van der Waals surface area contributed by atoms with Crippen molar-refractivity contribution in [1.82, 2.24) is 9.80 Å². The first-order valence-electron chi connectivity index (χ1n) is 6.91. The van der Waals surface area contributed by atoms with Crippen LogP contribution in [0.3, 0.4) is 0 Å². The van der Waals surface area contributed by atoms with Crippen LogP contribution in [0.1, 0.15) is 32.6 Å². The standard InChI is InChI=1S/C13H24N2O2/c1-2-17-11-13(16)15-9-6-12(10-15)14-7-4-3-5-8-14/h12H,2-11H2,1H3. The lowest BCUT2D eigenvalue weighted by molar-refractivity contribution is -0.135. The van der Waals surface area contributed by atoms with Gasteiger partial charge in [-0.15, -0.1) is 0 Å². The molecule has 0 spiro atoms. The second kappa shape index (κ2) is 6.36. The van der Waals surface area contributed by atoms with Crippen LogP contribution in [0.4, 0.5) is 0 Å². The molecule has 0 aromatic rings. The van der Waals surface area contributed by atoms with Crippen LogP contribution in [0.25, 0.3) is 0 Å². The van der Waals surface area contributed by atoms with E-state index >= 15 is 0 Å². The zero-order valence-corrected chi connectivity index (χ0v) is 10.9. The fraction of sp³-hybridized carbons (Fsp3) is 0.923. The molecule has 17 heavy (non-hydrogen) atoms. The maximum Gasteiger partial charge on any atom is 0.248 e. The van der Waals surface area contributed by atoms with Crippen LogP contribution in [0.15, 0.2) is 0 Å². The Labute approximate surface area is 104 Å². The lowest BCUT2D eigenvalue weighted by Gasteiger charge is -2.32. The monoisotopic (exact) mass is 240 g/mol. The highest BCUT2D eigenvalue weighted by Gasteiger charge is 2.30. The van der Waals surface area contributed by atoms with Crippen molar-refractivity contribution < 1.29 is 9.53 Å². The summed E-state index contributed by atoms with van der Waals surface area (Å²) < 4.78 is 5.18. The van der Waals surface area contributed by atoms with Gasteiger partial charge < -0.3 is 9.64 Å². The molecule has 1 amide bonds. The van der Waals surface area contributed by atoms with Crippen molar-refractivity contribution in [2.24, 2.45) is 0 Å². The summed E-state index contributed by atoms with van der Waals surface area (Å²) >= 11 is 0. The predicted molar refractivity (Wildman–Crippen MR) is 66.9 cm³/mol. The van der Waals surface area contributed by atoms with Gasteiger partial charge in [0, 0.05) is 25.7 Å². The number of likely N-dealkylation sites (tertiary alicyclic amines) is 2. The number of rotatable bonds is 4. The quantitative estimate of drug-likeness (QED) is 0.738. The molecule has 1 unspecified atom stereocenters. The average Bonchev–Trinajstić information content (AvgIpc) is 2.86. The maximum absolute atomic E-state index is 11.8. The van der Waals surface area contributed by atoms with E-state index in [1.165, 1.54) is 32.4 Å². The molecule has 2 rings (SSSR count). The summed E-state index contributed by atoms with van der Waals surface area (Å²) in [6.07, 6.45) is 5.15. The summed E-state index contributed by atoms with van der Waals surface area (Å²) in [5.41, 5.74) is 0. The molecule has 4 nitrogen and oxygen atoms in total. The van der Waals surface area contributed by atoms with Crippen molar-refractivity contribution in [3.05, 3.63) is 0 Å². The molecule has 2 fully saturated rings. The van der Waals surface area contributed by atoms with Crippen LogP contribution in [-0.2, 0) is 9.53 Å². The maximum atomic E-state index is 11.8. The van der Waals surface area contributed by atoms with Gasteiger partial charge >= 0.3 is 0 Å². The van der Waals surface area contributed by atoms with E-state index in [0.717, 1.165) is 19.5 Å². The number of carbonyl (C=O) groups is 1. The van der Waals surface area contributed by atoms with Gasteiger partial charge in [0.15, 0.2) is 0 Å². The first kappa shape index (κ1) is 12.8. The number of ether oxygens (including phenoxy) is 1. The minimum Gasteiger partial charge on any atom is -0.372 e. The van der Waals surface area contributed by atoms with Crippen molar-refractivity contribution in [1.29, 1.82) is 0 Å². The molecule has 1 atom stereocenters. The van der Waals surface area contributed by atoms with E-state index in [0.29, 0.717) is 12.6 Å². The molecule has 0 radical (unpaired) electrons. The van der Waals surface area contributed by atoms with Gasteiger partial charge in [0.05, 0.1) is 0 Å². The Morgan fingerprint density at radius 2 is 2.00 bits per heavy atom. The van der Waals surface area contributed by atoms with Gasteiger partial charge in [0.2, 0.25) is 5.91 Å². The van der Waals surface area contributed by atoms with Gasteiger partial charge in [-0.3, -0.25) is 9.69 Å². The molecule has 2 aliphatic heterocycles. The SMILES string of the molecule is CCOCC(=O)N1CCC(N2CCCCC2)C1. The fourth-order valence-corrected chi connectivity index (χ4v) is 2.83. The van der Waals surface area contributed by atoms with Crippen molar-refractivity contribution in [3.63, 3.8) is 0 Å². The van der Waals surface area contributed by atoms with Gasteiger partial charge in [0.1, 0.15) is 6.61 Å². The average molecular weight is 240 g/mol. The number of amides is 1. The Hall–Kier alpha value is -0.610. The van der Waals surface area contributed by atoms with Gasteiger partial charge in [-0.2, -0.15) is 0 Å². The minimum atomic E-state index is 0.159. The molecule has 98 valence electrons.